The molecule has 0 aromatic rings. The molecule has 0 spiro atoms. The SMILES string of the molecule is CC(=O)OC1CC[C@@]2(C)C(CC[C@@H]3[C@@H]2CC[C@]2(C)C(O[Si](C)(C)C)=CC[C@@H]32)C1. The first-order valence-electron chi connectivity index (χ1n) is 11.6. The lowest BCUT2D eigenvalue weighted by Crippen LogP contribution is -2.54. The van der Waals surface area contributed by atoms with Gasteiger partial charge in [0.05, 0.1) is 5.76 Å². The minimum absolute atomic E-state index is 0.109. The Kier molecular flexibility index (Phi) is 5.04. The van der Waals surface area contributed by atoms with E-state index in [2.05, 4.69) is 39.6 Å². The molecular formula is C24H40O3Si. The van der Waals surface area contributed by atoms with Gasteiger partial charge in [-0.05, 0) is 106 Å². The van der Waals surface area contributed by atoms with E-state index in [1.807, 2.05) is 0 Å². The molecular weight excluding hydrogens is 364 g/mol. The van der Waals surface area contributed by atoms with Crippen molar-refractivity contribution in [2.24, 2.45) is 34.5 Å². The first-order chi connectivity index (χ1) is 13.0. The predicted octanol–water partition coefficient (Wildman–Crippen LogP) is 6.31. The second kappa shape index (κ2) is 6.89. The topological polar surface area (TPSA) is 35.5 Å². The first-order valence-corrected chi connectivity index (χ1v) is 15.0. The van der Waals surface area contributed by atoms with Crippen molar-refractivity contribution in [2.75, 3.05) is 0 Å². The second-order valence-electron chi connectivity index (χ2n) is 11.6. The molecule has 158 valence electrons. The van der Waals surface area contributed by atoms with Crippen molar-refractivity contribution >= 4 is 14.3 Å². The predicted molar refractivity (Wildman–Crippen MR) is 115 cm³/mol. The maximum Gasteiger partial charge on any atom is 0.302 e. The fraction of sp³-hybridized carbons (Fsp3) is 0.875. The minimum atomic E-state index is -1.56. The maximum absolute atomic E-state index is 11.4. The summed E-state index contributed by atoms with van der Waals surface area (Å²) < 4.78 is 12.2. The van der Waals surface area contributed by atoms with Gasteiger partial charge in [0, 0.05) is 12.3 Å². The summed E-state index contributed by atoms with van der Waals surface area (Å²) in [6.07, 6.45) is 12.5. The van der Waals surface area contributed by atoms with Crippen molar-refractivity contribution in [3.63, 3.8) is 0 Å². The Morgan fingerprint density at radius 1 is 1.07 bits per heavy atom. The van der Waals surface area contributed by atoms with Gasteiger partial charge in [0.1, 0.15) is 6.10 Å². The van der Waals surface area contributed by atoms with Crippen LogP contribution in [0.2, 0.25) is 19.6 Å². The first kappa shape index (κ1) is 20.5. The molecule has 4 aliphatic carbocycles. The van der Waals surface area contributed by atoms with Crippen LogP contribution in [-0.4, -0.2) is 20.4 Å². The van der Waals surface area contributed by atoms with Crippen LogP contribution < -0.4 is 0 Å². The van der Waals surface area contributed by atoms with E-state index >= 15 is 0 Å². The molecule has 28 heavy (non-hydrogen) atoms. The highest BCUT2D eigenvalue weighted by molar-refractivity contribution is 6.70. The molecule has 0 saturated heterocycles. The van der Waals surface area contributed by atoms with Crippen LogP contribution in [0.5, 0.6) is 0 Å². The molecule has 0 aliphatic heterocycles. The molecule has 4 rings (SSSR count). The molecule has 0 N–H and O–H groups in total. The fourth-order valence-electron chi connectivity index (χ4n) is 7.58. The van der Waals surface area contributed by atoms with Crippen molar-refractivity contribution < 1.29 is 14.0 Å². The maximum atomic E-state index is 11.4. The van der Waals surface area contributed by atoms with Gasteiger partial charge in [-0.1, -0.05) is 13.8 Å². The summed E-state index contributed by atoms with van der Waals surface area (Å²) in [4.78, 5) is 11.4. The average molecular weight is 405 g/mol. The van der Waals surface area contributed by atoms with Gasteiger partial charge in [0.2, 0.25) is 8.32 Å². The number of carbonyl (C=O) groups is 1. The summed E-state index contributed by atoms with van der Waals surface area (Å²) in [7, 11) is -1.56. The zero-order valence-electron chi connectivity index (χ0n) is 18.8. The third-order valence-corrected chi connectivity index (χ3v) is 9.71. The lowest BCUT2D eigenvalue weighted by atomic mass is 9.45. The fourth-order valence-corrected chi connectivity index (χ4v) is 8.55. The molecule has 3 nitrogen and oxygen atoms in total. The van der Waals surface area contributed by atoms with Crippen molar-refractivity contribution in [3.05, 3.63) is 11.8 Å². The zero-order valence-corrected chi connectivity index (χ0v) is 19.8. The summed E-state index contributed by atoms with van der Waals surface area (Å²) in [5, 5.41) is 0. The lowest BCUT2D eigenvalue weighted by Gasteiger charge is -2.60. The number of esters is 1. The van der Waals surface area contributed by atoms with Crippen LogP contribution in [-0.2, 0) is 14.0 Å². The van der Waals surface area contributed by atoms with Crippen LogP contribution in [0.4, 0.5) is 0 Å². The number of hydrogen-bond donors (Lipinski definition) is 0. The van der Waals surface area contributed by atoms with E-state index in [9.17, 15) is 4.79 Å². The van der Waals surface area contributed by atoms with Crippen LogP contribution >= 0.6 is 0 Å². The molecule has 0 amide bonds. The van der Waals surface area contributed by atoms with Crippen LogP contribution in [0.3, 0.4) is 0 Å². The Labute approximate surface area is 172 Å². The third kappa shape index (κ3) is 3.38. The highest BCUT2D eigenvalue weighted by atomic mass is 28.4. The summed E-state index contributed by atoms with van der Waals surface area (Å²) in [5.74, 6) is 4.39. The number of carbonyl (C=O) groups excluding carboxylic acids is 1. The molecule has 2 unspecified atom stereocenters. The van der Waals surface area contributed by atoms with Gasteiger partial charge in [-0.2, -0.15) is 0 Å². The van der Waals surface area contributed by atoms with E-state index in [0.717, 1.165) is 36.5 Å². The summed E-state index contributed by atoms with van der Waals surface area (Å²) in [5.41, 5.74) is 0.697. The van der Waals surface area contributed by atoms with Crippen molar-refractivity contribution in [3.8, 4) is 0 Å². The Hall–Kier alpha value is -0.773. The smallest absolute Gasteiger partial charge is 0.302 e. The molecule has 0 aromatic heterocycles. The molecule has 3 saturated carbocycles. The van der Waals surface area contributed by atoms with E-state index in [1.165, 1.54) is 44.3 Å². The monoisotopic (exact) mass is 404 g/mol. The average Bonchev–Trinajstić information content (AvgIpc) is 2.90. The van der Waals surface area contributed by atoms with Gasteiger partial charge in [-0.3, -0.25) is 4.79 Å². The van der Waals surface area contributed by atoms with E-state index in [4.69, 9.17) is 9.16 Å². The number of hydrogen-bond acceptors (Lipinski definition) is 3. The number of ether oxygens (including phenoxy) is 1. The van der Waals surface area contributed by atoms with E-state index in [1.54, 1.807) is 6.92 Å². The second-order valence-corrected chi connectivity index (χ2v) is 16.1. The molecule has 7 atom stereocenters. The van der Waals surface area contributed by atoms with Gasteiger partial charge in [-0.15, -0.1) is 0 Å². The van der Waals surface area contributed by atoms with Gasteiger partial charge in [0.15, 0.2) is 0 Å². The van der Waals surface area contributed by atoms with E-state index in [-0.39, 0.29) is 17.5 Å². The Morgan fingerprint density at radius 3 is 2.50 bits per heavy atom. The summed E-state index contributed by atoms with van der Waals surface area (Å²) >= 11 is 0. The van der Waals surface area contributed by atoms with Crippen molar-refractivity contribution in [1.29, 1.82) is 0 Å². The van der Waals surface area contributed by atoms with E-state index < -0.39 is 8.32 Å². The quantitative estimate of drug-likeness (QED) is 0.408. The van der Waals surface area contributed by atoms with Crippen molar-refractivity contribution in [1.82, 2.24) is 0 Å². The zero-order chi connectivity index (χ0) is 20.3. The van der Waals surface area contributed by atoms with Crippen LogP contribution in [0.25, 0.3) is 0 Å². The Morgan fingerprint density at radius 2 is 1.82 bits per heavy atom. The third-order valence-electron chi connectivity index (χ3n) is 8.88. The highest BCUT2D eigenvalue weighted by Gasteiger charge is 2.59. The lowest BCUT2D eigenvalue weighted by molar-refractivity contribution is -0.159. The standard InChI is InChI=1S/C24H40O3Si/c1-16(25)26-18-11-13-23(2)17(15-18)7-8-19-20-9-10-22(27-28(4,5)6)24(20,3)14-12-21(19)23/h10,17-21H,7-9,11-15H2,1-6H3/t17?,18?,19-,20-,21-,23-,24-/m0/s1. The van der Waals surface area contributed by atoms with Gasteiger partial charge in [-0.25, -0.2) is 0 Å². The highest BCUT2D eigenvalue weighted by Crippen LogP contribution is 2.66. The molecule has 3 fully saturated rings. The molecule has 4 heteroatoms. The molecule has 0 aromatic carbocycles. The Balaban J connectivity index is 1.51. The summed E-state index contributed by atoms with van der Waals surface area (Å²) in [6, 6.07) is 0. The van der Waals surface area contributed by atoms with Crippen LogP contribution in [0.15, 0.2) is 11.8 Å². The number of rotatable bonds is 3. The Bertz CT molecular complexity index is 665. The molecule has 4 aliphatic rings. The normalized spacial score (nSPS) is 45.4. The molecule has 0 heterocycles. The van der Waals surface area contributed by atoms with Crippen LogP contribution in [0.1, 0.15) is 72.1 Å². The largest absolute Gasteiger partial charge is 0.547 e. The molecule has 0 bridgehead atoms. The number of allylic oxidation sites excluding steroid dienone is 2. The van der Waals surface area contributed by atoms with Crippen molar-refractivity contribution in [2.45, 2.75) is 97.9 Å². The van der Waals surface area contributed by atoms with E-state index in [0.29, 0.717) is 5.41 Å². The number of fused-ring (bicyclic) bond motifs is 5. The van der Waals surface area contributed by atoms with Gasteiger partial charge < -0.3 is 9.16 Å². The summed E-state index contributed by atoms with van der Waals surface area (Å²) in [6.45, 7) is 13.6. The van der Waals surface area contributed by atoms with Crippen LogP contribution in [0, 0.1) is 34.5 Å². The minimum Gasteiger partial charge on any atom is -0.547 e. The molecule has 0 radical (unpaired) electrons. The van der Waals surface area contributed by atoms with Gasteiger partial charge >= 0.3 is 5.97 Å². The van der Waals surface area contributed by atoms with Gasteiger partial charge in [0.25, 0.3) is 0 Å².